The second-order valence-electron chi connectivity index (χ2n) is 8.75. The van der Waals surface area contributed by atoms with Gasteiger partial charge in [0.25, 0.3) is 0 Å². The average Bonchev–Trinajstić information content (AvgIpc) is 2.58. The molecule has 0 heterocycles. The third-order valence-electron chi connectivity index (χ3n) is 5.80. The van der Waals surface area contributed by atoms with E-state index in [9.17, 15) is 14.0 Å². The molecule has 2 aromatic carbocycles. The molecule has 27 heavy (non-hydrogen) atoms. The Morgan fingerprint density at radius 1 is 0.963 bits per heavy atom. The number of hydrogen-bond donors (Lipinski definition) is 1. The number of carbonyl (C=O) groups excluding carboxylic acids is 1. The Hall–Kier alpha value is -2.49. The maximum Gasteiger partial charge on any atom is 0.338 e. The van der Waals surface area contributed by atoms with E-state index in [0.29, 0.717) is 0 Å². The number of halogens is 1. The summed E-state index contributed by atoms with van der Waals surface area (Å²) in [6.07, 6.45) is 2.38. The highest BCUT2D eigenvalue weighted by molar-refractivity contribution is 5.98. The molecule has 1 aliphatic carbocycles. The van der Waals surface area contributed by atoms with Gasteiger partial charge in [0.15, 0.2) is 5.78 Å². The normalized spacial score (nSPS) is 17.2. The minimum Gasteiger partial charge on any atom is -0.478 e. The minimum atomic E-state index is -1.34. The number of rotatable bonds is 4. The molecule has 3 nitrogen and oxygen atoms in total. The third kappa shape index (κ3) is 3.66. The van der Waals surface area contributed by atoms with Gasteiger partial charge in [0, 0.05) is 12.0 Å². The highest BCUT2D eigenvalue weighted by Crippen LogP contribution is 2.45. The lowest BCUT2D eigenvalue weighted by Gasteiger charge is -2.42. The molecular formula is C23H25FO3. The predicted molar refractivity (Wildman–Crippen MR) is 103 cm³/mol. The lowest BCUT2D eigenvalue weighted by Crippen LogP contribution is -2.33. The fourth-order valence-corrected chi connectivity index (χ4v) is 3.90. The Labute approximate surface area is 159 Å². The molecule has 0 radical (unpaired) electrons. The molecule has 0 atom stereocenters. The van der Waals surface area contributed by atoms with Crippen molar-refractivity contribution >= 4 is 11.8 Å². The maximum absolute atomic E-state index is 13.9. The molecule has 0 aromatic heterocycles. The Bertz CT molecular complexity index is 925. The van der Waals surface area contributed by atoms with Crippen molar-refractivity contribution in [3.8, 4) is 0 Å². The number of aromatic carboxylic acids is 1. The van der Waals surface area contributed by atoms with Crippen molar-refractivity contribution in [2.75, 3.05) is 0 Å². The number of carbonyl (C=O) groups is 2. The van der Waals surface area contributed by atoms with Gasteiger partial charge in [-0.3, -0.25) is 4.79 Å². The topological polar surface area (TPSA) is 54.4 Å². The number of carboxylic acid groups (broad SMARTS) is 1. The van der Waals surface area contributed by atoms with E-state index in [1.807, 2.05) is 6.07 Å². The van der Waals surface area contributed by atoms with Crippen LogP contribution in [0.5, 0.6) is 0 Å². The van der Waals surface area contributed by atoms with Crippen LogP contribution in [0.4, 0.5) is 4.39 Å². The Morgan fingerprint density at radius 2 is 1.59 bits per heavy atom. The van der Waals surface area contributed by atoms with Gasteiger partial charge in [-0.25, -0.2) is 9.18 Å². The molecule has 4 heteroatoms. The first-order chi connectivity index (χ1) is 12.5. The summed E-state index contributed by atoms with van der Waals surface area (Å²) in [4.78, 5) is 23.5. The van der Waals surface area contributed by atoms with Crippen LogP contribution in [0.2, 0.25) is 0 Å². The summed E-state index contributed by atoms with van der Waals surface area (Å²) in [5.74, 6) is -2.45. The van der Waals surface area contributed by atoms with E-state index in [1.54, 1.807) is 0 Å². The lowest BCUT2D eigenvalue weighted by atomic mass is 9.63. The zero-order valence-electron chi connectivity index (χ0n) is 16.2. The van der Waals surface area contributed by atoms with Gasteiger partial charge in [0.05, 0.1) is 5.56 Å². The van der Waals surface area contributed by atoms with E-state index < -0.39 is 17.3 Å². The van der Waals surface area contributed by atoms with E-state index in [4.69, 9.17) is 5.11 Å². The van der Waals surface area contributed by atoms with Crippen LogP contribution in [0.15, 0.2) is 36.4 Å². The molecule has 3 rings (SSSR count). The number of ketones is 1. The van der Waals surface area contributed by atoms with E-state index in [0.717, 1.165) is 30.5 Å². The largest absolute Gasteiger partial charge is 0.478 e. The summed E-state index contributed by atoms with van der Waals surface area (Å²) in [7, 11) is 0. The molecule has 142 valence electrons. The highest BCUT2D eigenvalue weighted by Gasteiger charge is 2.36. The number of Topliss-reactive ketones (excluding diaryl/α,β-unsaturated/α-hetero) is 1. The fraction of sp³-hybridized carbons (Fsp3) is 0.391. The Morgan fingerprint density at radius 3 is 2.19 bits per heavy atom. The zero-order chi connectivity index (χ0) is 20.0. The van der Waals surface area contributed by atoms with E-state index in [2.05, 4.69) is 39.8 Å². The molecule has 1 aliphatic rings. The molecule has 0 amide bonds. The fourth-order valence-electron chi connectivity index (χ4n) is 3.90. The first-order valence-electron chi connectivity index (χ1n) is 9.21. The van der Waals surface area contributed by atoms with Gasteiger partial charge in [-0.2, -0.15) is 0 Å². The second-order valence-corrected chi connectivity index (χ2v) is 8.75. The van der Waals surface area contributed by atoms with Crippen LogP contribution in [-0.2, 0) is 17.3 Å². The van der Waals surface area contributed by atoms with Gasteiger partial charge >= 0.3 is 5.97 Å². The van der Waals surface area contributed by atoms with Gasteiger partial charge in [-0.1, -0.05) is 52.0 Å². The van der Waals surface area contributed by atoms with Gasteiger partial charge in [-0.05, 0) is 52.5 Å². The summed E-state index contributed by atoms with van der Waals surface area (Å²) in [6, 6.07) is 9.73. The van der Waals surface area contributed by atoms with Crippen LogP contribution < -0.4 is 0 Å². The van der Waals surface area contributed by atoms with E-state index in [-0.39, 0.29) is 28.6 Å². The molecule has 0 bridgehead atoms. The molecule has 1 N–H and O–H groups in total. The monoisotopic (exact) mass is 368 g/mol. The summed E-state index contributed by atoms with van der Waals surface area (Å²) in [5.41, 5.74) is 3.43. The Kier molecular flexibility index (Phi) is 4.71. The number of carboxylic acids is 1. The van der Waals surface area contributed by atoms with E-state index >= 15 is 0 Å². The average molecular weight is 368 g/mol. The maximum atomic E-state index is 13.9. The molecule has 0 saturated heterocycles. The summed E-state index contributed by atoms with van der Waals surface area (Å²) in [6.45, 7) is 8.96. The van der Waals surface area contributed by atoms with Gasteiger partial charge in [0.2, 0.25) is 0 Å². The van der Waals surface area contributed by atoms with Crippen LogP contribution in [0, 0.1) is 5.82 Å². The smallest absolute Gasteiger partial charge is 0.338 e. The molecule has 0 fully saturated rings. The zero-order valence-corrected chi connectivity index (χ0v) is 16.2. The van der Waals surface area contributed by atoms with Gasteiger partial charge in [0.1, 0.15) is 5.82 Å². The third-order valence-corrected chi connectivity index (χ3v) is 5.80. The molecule has 0 spiro atoms. The molecule has 0 unspecified atom stereocenters. The van der Waals surface area contributed by atoms with Crippen LogP contribution >= 0.6 is 0 Å². The van der Waals surface area contributed by atoms with Crippen LogP contribution in [0.1, 0.15) is 77.9 Å². The number of fused-ring (bicyclic) bond motifs is 1. The second kappa shape index (κ2) is 6.59. The van der Waals surface area contributed by atoms with E-state index in [1.165, 1.54) is 17.2 Å². The van der Waals surface area contributed by atoms with Crippen molar-refractivity contribution in [3.05, 3.63) is 70.0 Å². The first kappa shape index (κ1) is 19.3. The molecule has 0 aliphatic heterocycles. The van der Waals surface area contributed by atoms with Crippen molar-refractivity contribution in [2.24, 2.45) is 0 Å². The number of benzene rings is 2. The molecule has 0 saturated carbocycles. The van der Waals surface area contributed by atoms with Crippen molar-refractivity contribution in [3.63, 3.8) is 0 Å². The first-order valence-corrected chi connectivity index (χ1v) is 9.21. The predicted octanol–water partition coefficient (Wildman–Crippen LogP) is 5.30. The molecule has 2 aromatic rings. The summed E-state index contributed by atoms with van der Waals surface area (Å²) >= 11 is 0. The Balaban J connectivity index is 1.90. The van der Waals surface area contributed by atoms with Crippen LogP contribution in [0.25, 0.3) is 0 Å². The lowest BCUT2D eigenvalue weighted by molar-refractivity contribution is 0.0691. The molecular weight excluding hydrogens is 343 g/mol. The van der Waals surface area contributed by atoms with Crippen LogP contribution in [0.3, 0.4) is 0 Å². The number of hydrogen-bond acceptors (Lipinski definition) is 2. The van der Waals surface area contributed by atoms with Crippen molar-refractivity contribution < 1.29 is 19.1 Å². The van der Waals surface area contributed by atoms with Crippen molar-refractivity contribution in [2.45, 2.75) is 57.8 Å². The van der Waals surface area contributed by atoms with Crippen LogP contribution in [-0.4, -0.2) is 16.9 Å². The highest BCUT2D eigenvalue weighted by atomic mass is 19.1. The summed E-state index contributed by atoms with van der Waals surface area (Å²) in [5, 5.41) is 8.91. The van der Waals surface area contributed by atoms with Gasteiger partial charge in [-0.15, -0.1) is 0 Å². The van der Waals surface area contributed by atoms with Crippen molar-refractivity contribution in [1.29, 1.82) is 0 Å². The summed E-state index contributed by atoms with van der Waals surface area (Å²) < 4.78 is 13.9. The standard InChI is InChI=1S/C23H25FO3/c1-22(2)9-10-23(3,4)18-11-14(5-8-17(18)22)12-20(25)15-6-7-16(21(26)27)19(24)13-15/h5-8,11,13H,9-10,12H2,1-4H3,(H,26,27). The van der Waals surface area contributed by atoms with Crippen molar-refractivity contribution in [1.82, 2.24) is 0 Å². The minimum absolute atomic E-state index is 0.0547. The SMILES string of the molecule is CC1(C)CCC(C)(C)c2cc(CC(=O)c3ccc(C(=O)O)c(F)c3)ccc21. The quantitative estimate of drug-likeness (QED) is 0.745. The van der Waals surface area contributed by atoms with Gasteiger partial charge < -0.3 is 5.11 Å².